The Labute approximate surface area is 126 Å². The predicted octanol–water partition coefficient (Wildman–Crippen LogP) is 1.85. The lowest BCUT2D eigenvalue weighted by Crippen LogP contribution is -2.36. The van der Waals surface area contributed by atoms with E-state index in [2.05, 4.69) is 34.6 Å². The third kappa shape index (κ3) is 4.93. The lowest BCUT2D eigenvalue weighted by atomic mass is 10.2. The molecule has 1 atom stereocenters. The zero-order chi connectivity index (χ0) is 15.1. The summed E-state index contributed by atoms with van der Waals surface area (Å²) in [4.78, 5) is 14.0. The molecule has 1 fully saturated rings. The van der Waals surface area contributed by atoms with Crippen LogP contribution in [0.4, 0.5) is 11.4 Å². The maximum atomic E-state index is 11.7. The van der Waals surface area contributed by atoms with E-state index in [-0.39, 0.29) is 11.9 Å². The van der Waals surface area contributed by atoms with E-state index in [0.29, 0.717) is 6.54 Å². The normalized spacial score (nSPS) is 16.4. The van der Waals surface area contributed by atoms with Crippen molar-refractivity contribution in [3.63, 3.8) is 0 Å². The Morgan fingerprint density at radius 3 is 2.57 bits per heavy atom. The van der Waals surface area contributed by atoms with Crippen LogP contribution < -0.4 is 15.5 Å². The van der Waals surface area contributed by atoms with Crippen molar-refractivity contribution >= 4 is 17.3 Å². The fraction of sp³-hybridized carbons (Fsp3) is 0.562. The van der Waals surface area contributed by atoms with Crippen LogP contribution in [0.15, 0.2) is 24.3 Å². The number of hydrogen-bond donors (Lipinski definition) is 2. The second kappa shape index (κ2) is 7.88. The van der Waals surface area contributed by atoms with E-state index >= 15 is 0 Å². The molecule has 2 N–H and O–H groups in total. The lowest BCUT2D eigenvalue weighted by molar-refractivity contribution is -0.120. The summed E-state index contributed by atoms with van der Waals surface area (Å²) in [5, 5.41) is 6.09. The molecule has 1 unspecified atom stereocenters. The van der Waals surface area contributed by atoms with E-state index in [0.717, 1.165) is 38.4 Å². The summed E-state index contributed by atoms with van der Waals surface area (Å²) in [6, 6.07) is 8.42. The number of ether oxygens (including phenoxy) is 1. The van der Waals surface area contributed by atoms with Crippen LogP contribution >= 0.6 is 0 Å². The number of anilines is 2. The zero-order valence-electron chi connectivity index (χ0n) is 12.9. The van der Waals surface area contributed by atoms with Gasteiger partial charge in [-0.15, -0.1) is 0 Å². The van der Waals surface area contributed by atoms with Gasteiger partial charge in [0.1, 0.15) is 0 Å². The molecule has 1 aliphatic heterocycles. The molecule has 1 aromatic rings. The highest BCUT2D eigenvalue weighted by Crippen LogP contribution is 2.18. The number of benzene rings is 1. The maximum Gasteiger partial charge on any atom is 0.239 e. The largest absolute Gasteiger partial charge is 0.378 e. The van der Waals surface area contributed by atoms with E-state index in [9.17, 15) is 4.79 Å². The van der Waals surface area contributed by atoms with Gasteiger partial charge in [-0.3, -0.25) is 4.79 Å². The number of carbonyl (C=O) groups excluding carboxylic acids is 1. The second-order valence-corrected chi connectivity index (χ2v) is 5.38. The number of rotatable bonds is 6. The van der Waals surface area contributed by atoms with Crippen LogP contribution in [0.25, 0.3) is 0 Å². The fourth-order valence-corrected chi connectivity index (χ4v) is 2.22. The van der Waals surface area contributed by atoms with Crippen LogP contribution in [-0.2, 0) is 9.53 Å². The summed E-state index contributed by atoms with van der Waals surface area (Å²) in [6.45, 7) is 7.82. The Morgan fingerprint density at radius 1 is 1.29 bits per heavy atom. The van der Waals surface area contributed by atoms with Crippen molar-refractivity contribution in [1.82, 2.24) is 5.32 Å². The minimum atomic E-state index is 0.0293. The highest BCUT2D eigenvalue weighted by Gasteiger charge is 2.11. The second-order valence-electron chi connectivity index (χ2n) is 5.38. The molecule has 0 aliphatic carbocycles. The number of nitrogens with zero attached hydrogens (tertiary/aromatic N) is 1. The number of morpholine rings is 1. The Kier molecular flexibility index (Phi) is 5.87. The molecule has 5 nitrogen and oxygen atoms in total. The lowest BCUT2D eigenvalue weighted by Gasteiger charge is -2.28. The number of carbonyl (C=O) groups is 1. The molecular formula is C16H25N3O2. The number of nitrogens with one attached hydrogen (secondary N) is 2. The molecule has 1 amide bonds. The molecule has 1 saturated heterocycles. The van der Waals surface area contributed by atoms with Crippen molar-refractivity contribution in [3.05, 3.63) is 24.3 Å². The molecule has 21 heavy (non-hydrogen) atoms. The van der Waals surface area contributed by atoms with Gasteiger partial charge in [-0.2, -0.15) is 0 Å². The van der Waals surface area contributed by atoms with E-state index < -0.39 is 0 Å². The van der Waals surface area contributed by atoms with E-state index in [1.807, 2.05) is 19.1 Å². The van der Waals surface area contributed by atoms with Gasteiger partial charge in [0, 0.05) is 30.5 Å². The molecule has 0 saturated carbocycles. The quantitative estimate of drug-likeness (QED) is 0.840. The molecule has 0 radical (unpaired) electrons. The summed E-state index contributed by atoms with van der Waals surface area (Å²) >= 11 is 0. The van der Waals surface area contributed by atoms with Crippen molar-refractivity contribution in [2.45, 2.75) is 26.3 Å². The average molecular weight is 291 g/mol. The molecule has 1 aliphatic rings. The first-order valence-electron chi connectivity index (χ1n) is 7.65. The Hall–Kier alpha value is -1.75. The van der Waals surface area contributed by atoms with Gasteiger partial charge in [0.05, 0.1) is 19.8 Å². The molecule has 1 aromatic carbocycles. The summed E-state index contributed by atoms with van der Waals surface area (Å²) in [5.41, 5.74) is 2.17. The minimum absolute atomic E-state index is 0.0293. The fourth-order valence-electron chi connectivity index (χ4n) is 2.22. The standard InChI is InChI=1S/C16H25N3O2/c1-3-13(2)18-16(20)12-17-14-4-6-15(7-5-14)19-8-10-21-11-9-19/h4-7,13,17H,3,8-12H2,1-2H3,(H,18,20). The van der Waals surface area contributed by atoms with Crippen molar-refractivity contribution in [1.29, 1.82) is 0 Å². The molecule has 0 spiro atoms. The van der Waals surface area contributed by atoms with Crippen molar-refractivity contribution in [3.8, 4) is 0 Å². The van der Waals surface area contributed by atoms with Crippen molar-refractivity contribution in [2.24, 2.45) is 0 Å². The SMILES string of the molecule is CCC(C)NC(=O)CNc1ccc(N2CCOCC2)cc1. The molecule has 0 aromatic heterocycles. The van der Waals surface area contributed by atoms with E-state index in [1.54, 1.807) is 0 Å². The van der Waals surface area contributed by atoms with Crippen LogP contribution in [0.5, 0.6) is 0 Å². The molecule has 5 heteroatoms. The van der Waals surface area contributed by atoms with Gasteiger partial charge in [0.15, 0.2) is 0 Å². The summed E-state index contributed by atoms with van der Waals surface area (Å²) in [7, 11) is 0. The zero-order valence-corrected chi connectivity index (χ0v) is 12.9. The minimum Gasteiger partial charge on any atom is -0.378 e. The Balaban J connectivity index is 1.80. The van der Waals surface area contributed by atoms with Crippen molar-refractivity contribution in [2.75, 3.05) is 43.1 Å². The highest BCUT2D eigenvalue weighted by atomic mass is 16.5. The van der Waals surface area contributed by atoms with Crippen LogP contribution in [0.3, 0.4) is 0 Å². The van der Waals surface area contributed by atoms with Crippen LogP contribution in [0.2, 0.25) is 0 Å². The number of hydrogen-bond acceptors (Lipinski definition) is 4. The number of amides is 1. The van der Waals surface area contributed by atoms with Gasteiger partial charge in [0.2, 0.25) is 5.91 Å². The first-order valence-corrected chi connectivity index (χ1v) is 7.65. The highest BCUT2D eigenvalue weighted by molar-refractivity contribution is 5.81. The monoisotopic (exact) mass is 291 g/mol. The molecule has 116 valence electrons. The Bertz CT molecular complexity index is 441. The molecule has 0 bridgehead atoms. The maximum absolute atomic E-state index is 11.7. The van der Waals surface area contributed by atoms with Gasteiger partial charge in [-0.05, 0) is 37.6 Å². The van der Waals surface area contributed by atoms with Gasteiger partial charge in [-0.25, -0.2) is 0 Å². The van der Waals surface area contributed by atoms with Crippen LogP contribution in [0.1, 0.15) is 20.3 Å². The first kappa shape index (κ1) is 15.6. The van der Waals surface area contributed by atoms with Gasteiger partial charge >= 0.3 is 0 Å². The van der Waals surface area contributed by atoms with E-state index in [4.69, 9.17) is 4.74 Å². The third-order valence-corrected chi connectivity index (χ3v) is 3.72. The summed E-state index contributed by atoms with van der Waals surface area (Å²) in [6.07, 6.45) is 0.944. The third-order valence-electron chi connectivity index (χ3n) is 3.72. The summed E-state index contributed by atoms with van der Waals surface area (Å²) < 4.78 is 5.35. The van der Waals surface area contributed by atoms with Crippen LogP contribution in [0, 0.1) is 0 Å². The average Bonchev–Trinajstić information content (AvgIpc) is 2.54. The van der Waals surface area contributed by atoms with Gasteiger partial charge in [-0.1, -0.05) is 6.92 Å². The molecular weight excluding hydrogens is 266 g/mol. The smallest absolute Gasteiger partial charge is 0.239 e. The topological polar surface area (TPSA) is 53.6 Å². The predicted molar refractivity (Wildman–Crippen MR) is 85.9 cm³/mol. The Morgan fingerprint density at radius 2 is 1.95 bits per heavy atom. The molecule has 1 heterocycles. The van der Waals surface area contributed by atoms with Gasteiger partial charge in [0.25, 0.3) is 0 Å². The van der Waals surface area contributed by atoms with Crippen LogP contribution in [-0.4, -0.2) is 44.8 Å². The summed E-state index contributed by atoms with van der Waals surface area (Å²) in [5.74, 6) is 0.0293. The first-order chi connectivity index (χ1) is 10.2. The van der Waals surface area contributed by atoms with E-state index in [1.165, 1.54) is 5.69 Å². The molecule has 2 rings (SSSR count). The van der Waals surface area contributed by atoms with Gasteiger partial charge < -0.3 is 20.3 Å². The van der Waals surface area contributed by atoms with Crippen molar-refractivity contribution < 1.29 is 9.53 Å².